The molecule has 74 valence electrons. The van der Waals surface area contributed by atoms with Gasteiger partial charge in [-0.2, -0.15) is 23.0 Å². The van der Waals surface area contributed by atoms with Crippen LogP contribution < -0.4 is 0 Å². The molecule has 0 fully saturated rings. The van der Waals surface area contributed by atoms with Gasteiger partial charge in [-0.25, -0.2) is 4.98 Å². The summed E-state index contributed by atoms with van der Waals surface area (Å²) in [4.78, 5) is 4.02. The van der Waals surface area contributed by atoms with Crippen molar-refractivity contribution in [1.82, 2.24) is 15.2 Å². The van der Waals surface area contributed by atoms with Crippen molar-refractivity contribution in [3.63, 3.8) is 0 Å². The van der Waals surface area contributed by atoms with Crippen molar-refractivity contribution in [1.29, 1.82) is 5.26 Å². The molecule has 0 aliphatic carbocycles. The Morgan fingerprint density at radius 3 is 3.00 bits per heavy atom. The molecule has 0 radical (unpaired) electrons. The van der Waals surface area contributed by atoms with Crippen molar-refractivity contribution in [2.24, 2.45) is 0 Å². The summed E-state index contributed by atoms with van der Waals surface area (Å²) in [5.41, 5.74) is 1.54. The number of benzene rings is 1. The summed E-state index contributed by atoms with van der Waals surface area (Å²) in [7, 11) is 0. The maximum absolute atomic E-state index is 8.76. The lowest BCUT2D eigenvalue weighted by atomic mass is 10.1. The van der Waals surface area contributed by atoms with Crippen molar-refractivity contribution in [2.45, 2.75) is 5.25 Å². The van der Waals surface area contributed by atoms with E-state index < -0.39 is 0 Å². The van der Waals surface area contributed by atoms with Gasteiger partial charge in [-0.05, 0) is 17.7 Å². The molecule has 1 aromatic heterocycles. The van der Waals surface area contributed by atoms with Crippen LogP contribution in [0.1, 0.15) is 22.2 Å². The molecule has 15 heavy (non-hydrogen) atoms. The summed E-state index contributed by atoms with van der Waals surface area (Å²) >= 11 is 4.42. The molecule has 1 heterocycles. The number of H-pyrrole nitrogens is 1. The van der Waals surface area contributed by atoms with Crippen molar-refractivity contribution in [3.8, 4) is 6.07 Å². The molecule has 1 atom stereocenters. The van der Waals surface area contributed by atoms with Gasteiger partial charge in [0.1, 0.15) is 12.2 Å². The van der Waals surface area contributed by atoms with Gasteiger partial charge >= 0.3 is 0 Å². The third-order valence-electron chi connectivity index (χ3n) is 2.02. The molecule has 0 saturated heterocycles. The Bertz CT molecular complexity index is 486. The Morgan fingerprint density at radius 1 is 1.47 bits per heavy atom. The summed E-state index contributed by atoms with van der Waals surface area (Å²) in [6, 6.07) is 9.36. The van der Waals surface area contributed by atoms with Gasteiger partial charge in [-0.15, -0.1) is 0 Å². The van der Waals surface area contributed by atoms with E-state index in [4.69, 9.17) is 5.26 Å². The van der Waals surface area contributed by atoms with E-state index in [0.29, 0.717) is 11.4 Å². The normalized spacial score (nSPS) is 12.0. The minimum absolute atomic E-state index is 0.180. The molecule has 0 saturated carbocycles. The molecule has 0 amide bonds. The molecule has 1 aromatic carbocycles. The Balaban J connectivity index is 2.34. The molecule has 1 unspecified atom stereocenters. The van der Waals surface area contributed by atoms with Crippen LogP contribution in [0.25, 0.3) is 0 Å². The van der Waals surface area contributed by atoms with Gasteiger partial charge in [0.05, 0.1) is 16.9 Å². The zero-order chi connectivity index (χ0) is 10.7. The third-order valence-corrected chi connectivity index (χ3v) is 2.57. The topological polar surface area (TPSA) is 65.4 Å². The first-order chi connectivity index (χ1) is 7.31. The smallest absolute Gasteiger partial charge is 0.141 e. The molecule has 2 rings (SSSR count). The van der Waals surface area contributed by atoms with E-state index in [1.54, 1.807) is 12.1 Å². The highest BCUT2D eigenvalue weighted by atomic mass is 32.1. The molecule has 0 bridgehead atoms. The number of nitriles is 1. The van der Waals surface area contributed by atoms with Crippen LogP contribution in [0.3, 0.4) is 0 Å². The van der Waals surface area contributed by atoms with Gasteiger partial charge in [0.25, 0.3) is 0 Å². The number of thiol groups is 1. The number of nitrogens with one attached hydrogen (secondary N) is 1. The van der Waals surface area contributed by atoms with Crippen LogP contribution in [0.4, 0.5) is 0 Å². The predicted octanol–water partition coefficient (Wildman–Crippen LogP) is 1.70. The van der Waals surface area contributed by atoms with Crippen LogP contribution in [-0.4, -0.2) is 15.2 Å². The quantitative estimate of drug-likeness (QED) is 0.751. The Morgan fingerprint density at radius 2 is 2.33 bits per heavy atom. The van der Waals surface area contributed by atoms with Crippen LogP contribution in [0, 0.1) is 11.3 Å². The second-order valence-electron chi connectivity index (χ2n) is 3.01. The standard InChI is InChI=1S/C10H8N4S/c11-5-7-2-1-3-8(4-7)9(15)10-12-6-13-14-10/h1-4,6,9,15H,(H,12,13,14). The van der Waals surface area contributed by atoms with E-state index in [1.807, 2.05) is 12.1 Å². The van der Waals surface area contributed by atoms with Crippen LogP contribution in [0.2, 0.25) is 0 Å². The summed E-state index contributed by atoms with van der Waals surface area (Å²) in [6.07, 6.45) is 1.44. The third kappa shape index (κ3) is 2.00. The van der Waals surface area contributed by atoms with Gasteiger partial charge in [0.2, 0.25) is 0 Å². The largest absolute Gasteiger partial charge is 0.262 e. The first kappa shape index (κ1) is 9.74. The molecule has 4 nitrogen and oxygen atoms in total. The first-order valence-corrected chi connectivity index (χ1v) is 4.86. The predicted molar refractivity (Wildman–Crippen MR) is 58.4 cm³/mol. The zero-order valence-electron chi connectivity index (χ0n) is 7.75. The number of hydrogen-bond acceptors (Lipinski definition) is 4. The van der Waals surface area contributed by atoms with Gasteiger partial charge in [0, 0.05) is 0 Å². The molecule has 2 aromatic rings. The molecule has 0 aliphatic heterocycles. The lowest BCUT2D eigenvalue weighted by molar-refractivity contribution is 0.960. The lowest BCUT2D eigenvalue weighted by Crippen LogP contribution is -1.96. The second-order valence-corrected chi connectivity index (χ2v) is 3.53. The molecular weight excluding hydrogens is 208 g/mol. The fourth-order valence-electron chi connectivity index (χ4n) is 1.28. The highest BCUT2D eigenvalue weighted by Crippen LogP contribution is 2.25. The minimum Gasteiger partial charge on any atom is -0.262 e. The van der Waals surface area contributed by atoms with Gasteiger partial charge in [0.15, 0.2) is 0 Å². The average molecular weight is 216 g/mol. The molecular formula is C10H8N4S. The van der Waals surface area contributed by atoms with Crippen molar-refractivity contribution < 1.29 is 0 Å². The first-order valence-electron chi connectivity index (χ1n) is 4.34. The van der Waals surface area contributed by atoms with Crippen LogP contribution in [0.5, 0.6) is 0 Å². The monoisotopic (exact) mass is 216 g/mol. The van der Waals surface area contributed by atoms with Crippen LogP contribution in [-0.2, 0) is 0 Å². The summed E-state index contributed by atoms with van der Waals surface area (Å²) in [5.74, 6) is 0.674. The second kappa shape index (κ2) is 4.15. The highest BCUT2D eigenvalue weighted by molar-refractivity contribution is 7.80. The maximum Gasteiger partial charge on any atom is 0.141 e. The van der Waals surface area contributed by atoms with Gasteiger partial charge in [-0.1, -0.05) is 12.1 Å². The SMILES string of the molecule is N#Cc1cccc(C(S)c2ncn[nH]2)c1. The van der Waals surface area contributed by atoms with E-state index in [0.717, 1.165) is 5.56 Å². The number of aromatic amines is 1. The Hall–Kier alpha value is -1.80. The van der Waals surface area contributed by atoms with Crippen molar-refractivity contribution in [2.75, 3.05) is 0 Å². The highest BCUT2D eigenvalue weighted by Gasteiger charge is 2.12. The van der Waals surface area contributed by atoms with Crippen LogP contribution in [0.15, 0.2) is 30.6 Å². The maximum atomic E-state index is 8.76. The van der Waals surface area contributed by atoms with E-state index in [-0.39, 0.29) is 5.25 Å². The number of rotatable bonds is 2. The molecule has 5 heteroatoms. The fourth-order valence-corrected chi connectivity index (χ4v) is 1.57. The van der Waals surface area contributed by atoms with Crippen molar-refractivity contribution in [3.05, 3.63) is 47.5 Å². The van der Waals surface area contributed by atoms with Gasteiger partial charge in [-0.3, -0.25) is 5.10 Å². The summed E-state index contributed by atoms with van der Waals surface area (Å²) in [5, 5.41) is 15.1. The van der Waals surface area contributed by atoms with E-state index in [1.165, 1.54) is 6.33 Å². The summed E-state index contributed by atoms with van der Waals surface area (Å²) in [6.45, 7) is 0. The van der Waals surface area contributed by atoms with Crippen molar-refractivity contribution >= 4 is 12.6 Å². The Kier molecular flexibility index (Phi) is 2.70. The minimum atomic E-state index is -0.180. The van der Waals surface area contributed by atoms with Gasteiger partial charge < -0.3 is 0 Å². The van der Waals surface area contributed by atoms with E-state index >= 15 is 0 Å². The molecule has 0 aliphatic rings. The molecule has 1 N–H and O–H groups in total. The number of nitrogens with zero attached hydrogens (tertiary/aromatic N) is 3. The summed E-state index contributed by atoms with van der Waals surface area (Å²) < 4.78 is 0. The number of hydrogen-bond donors (Lipinski definition) is 2. The number of aromatic nitrogens is 3. The van der Waals surface area contributed by atoms with Crippen LogP contribution >= 0.6 is 12.6 Å². The fraction of sp³-hybridized carbons (Fsp3) is 0.100. The van der Waals surface area contributed by atoms with E-state index in [2.05, 4.69) is 33.9 Å². The Labute approximate surface area is 92.4 Å². The van der Waals surface area contributed by atoms with E-state index in [9.17, 15) is 0 Å². The molecule has 0 spiro atoms. The lowest BCUT2D eigenvalue weighted by Gasteiger charge is -2.07. The average Bonchev–Trinajstić information content (AvgIpc) is 2.81. The zero-order valence-corrected chi connectivity index (χ0v) is 8.65.